The minimum absolute atomic E-state index is 0.249. The second-order valence-electron chi connectivity index (χ2n) is 3.45. The Morgan fingerprint density at radius 2 is 2.24 bits per heavy atom. The Bertz CT molecular complexity index is 442. The maximum absolute atomic E-state index is 10.9. The van der Waals surface area contributed by atoms with Crippen LogP contribution in [0.2, 0.25) is 0 Å². The van der Waals surface area contributed by atoms with E-state index >= 15 is 0 Å². The highest BCUT2D eigenvalue weighted by Gasteiger charge is 2.13. The van der Waals surface area contributed by atoms with E-state index in [9.17, 15) is 9.59 Å². The molecular weight excluding hydrogens is 224 g/mol. The number of ether oxygens (including phenoxy) is 1. The van der Waals surface area contributed by atoms with Crippen molar-refractivity contribution in [2.45, 2.75) is 26.7 Å². The molecule has 0 aliphatic carbocycles. The topological polar surface area (TPSA) is 76.7 Å². The van der Waals surface area contributed by atoms with Crippen LogP contribution in [-0.4, -0.2) is 17.0 Å². The lowest BCUT2D eigenvalue weighted by Gasteiger charge is -1.99. The second-order valence-corrected chi connectivity index (χ2v) is 3.45. The number of furan rings is 1. The summed E-state index contributed by atoms with van der Waals surface area (Å²) in [4.78, 5) is 21.3. The summed E-state index contributed by atoms with van der Waals surface area (Å²) >= 11 is 0. The minimum atomic E-state index is -1.07. The molecule has 0 aromatic carbocycles. The van der Waals surface area contributed by atoms with Gasteiger partial charge >= 0.3 is 11.9 Å². The van der Waals surface area contributed by atoms with Gasteiger partial charge in [-0.05, 0) is 12.5 Å². The molecular formula is C12H14O5. The van der Waals surface area contributed by atoms with Gasteiger partial charge in [0.25, 0.3) is 0 Å². The first-order chi connectivity index (χ1) is 8.04. The van der Waals surface area contributed by atoms with Crippen molar-refractivity contribution in [1.82, 2.24) is 0 Å². The van der Waals surface area contributed by atoms with E-state index < -0.39 is 11.9 Å². The molecule has 92 valence electrons. The normalized spacial score (nSPS) is 10.7. The highest BCUT2D eigenvalue weighted by atomic mass is 16.5. The van der Waals surface area contributed by atoms with E-state index in [1.54, 1.807) is 0 Å². The third-order valence-electron chi connectivity index (χ3n) is 2.00. The third kappa shape index (κ3) is 3.79. The van der Waals surface area contributed by atoms with Gasteiger partial charge < -0.3 is 14.3 Å². The van der Waals surface area contributed by atoms with Crippen LogP contribution >= 0.6 is 0 Å². The standard InChI is InChI=1S/C12H14O5/c1-3-4-10-9(5-6-12(14)15)11(7-16-10)17-8(2)13/h5-7H,3-4H2,1-2H3,(H,14,15). The maximum atomic E-state index is 10.9. The number of carbonyl (C=O) groups is 2. The number of rotatable bonds is 5. The predicted octanol–water partition coefficient (Wildman–Crippen LogP) is 2.26. The highest BCUT2D eigenvalue weighted by Crippen LogP contribution is 2.27. The van der Waals surface area contributed by atoms with Crippen LogP contribution in [0.25, 0.3) is 6.08 Å². The summed E-state index contributed by atoms with van der Waals surface area (Å²) in [5.74, 6) is -0.680. The van der Waals surface area contributed by atoms with Crippen molar-refractivity contribution in [3.8, 4) is 5.75 Å². The van der Waals surface area contributed by atoms with Crippen molar-refractivity contribution in [3.05, 3.63) is 23.7 Å². The first kappa shape index (κ1) is 13.0. The Kier molecular flexibility index (Phi) is 4.51. The van der Waals surface area contributed by atoms with Gasteiger partial charge in [0.1, 0.15) is 12.0 Å². The zero-order valence-electron chi connectivity index (χ0n) is 9.73. The molecule has 0 fully saturated rings. The Labute approximate surface area is 98.7 Å². The highest BCUT2D eigenvalue weighted by molar-refractivity contribution is 5.86. The number of carbonyl (C=O) groups excluding carboxylic acids is 1. The zero-order chi connectivity index (χ0) is 12.8. The average Bonchev–Trinajstić information content (AvgIpc) is 2.58. The van der Waals surface area contributed by atoms with Gasteiger partial charge in [0.05, 0.1) is 5.56 Å². The summed E-state index contributed by atoms with van der Waals surface area (Å²) in [6.45, 7) is 3.25. The summed E-state index contributed by atoms with van der Waals surface area (Å²) in [7, 11) is 0. The molecule has 17 heavy (non-hydrogen) atoms. The molecule has 0 amide bonds. The largest absolute Gasteiger partial charge is 0.478 e. The van der Waals surface area contributed by atoms with E-state index in [-0.39, 0.29) is 5.75 Å². The number of aryl methyl sites for hydroxylation is 1. The van der Waals surface area contributed by atoms with Crippen LogP contribution in [0.15, 0.2) is 16.8 Å². The lowest BCUT2D eigenvalue weighted by molar-refractivity contribution is -0.132. The molecule has 1 aromatic heterocycles. The van der Waals surface area contributed by atoms with Crippen LogP contribution in [0.1, 0.15) is 31.6 Å². The Morgan fingerprint density at radius 3 is 2.76 bits per heavy atom. The molecule has 0 aliphatic rings. The molecule has 1 aromatic rings. The van der Waals surface area contributed by atoms with Gasteiger partial charge in [-0.25, -0.2) is 4.79 Å². The fourth-order valence-corrected chi connectivity index (χ4v) is 1.37. The number of hydrogen-bond donors (Lipinski definition) is 1. The molecule has 0 unspecified atom stereocenters. The zero-order valence-corrected chi connectivity index (χ0v) is 9.73. The van der Waals surface area contributed by atoms with Gasteiger partial charge in [-0.2, -0.15) is 0 Å². The smallest absolute Gasteiger partial charge is 0.328 e. The number of hydrogen-bond acceptors (Lipinski definition) is 4. The molecule has 5 nitrogen and oxygen atoms in total. The second kappa shape index (κ2) is 5.89. The van der Waals surface area contributed by atoms with E-state index in [0.29, 0.717) is 17.7 Å². The number of aliphatic carboxylic acids is 1. The number of carboxylic acids is 1. The minimum Gasteiger partial charge on any atom is -0.478 e. The molecule has 0 bridgehead atoms. The quantitative estimate of drug-likeness (QED) is 0.628. The number of carboxylic acid groups (broad SMARTS) is 1. The summed E-state index contributed by atoms with van der Waals surface area (Å²) in [6, 6.07) is 0. The van der Waals surface area contributed by atoms with Gasteiger partial charge in [-0.15, -0.1) is 0 Å². The lowest BCUT2D eigenvalue weighted by atomic mass is 10.1. The Balaban J connectivity index is 3.04. The van der Waals surface area contributed by atoms with Crippen molar-refractivity contribution in [3.63, 3.8) is 0 Å². The van der Waals surface area contributed by atoms with Gasteiger partial charge in [0, 0.05) is 19.4 Å². The van der Waals surface area contributed by atoms with Crippen LogP contribution in [0, 0.1) is 0 Å². The van der Waals surface area contributed by atoms with Gasteiger partial charge in [-0.1, -0.05) is 6.92 Å². The van der Waals surface area contributed by atoms with Crippen LogP contribution < -0.4 is 4.74 Å². The van der Waals surface area contributed by atoms with Crippen molar-refractivity contribution < 1.29 is 23.8 Å². The van der Waals surface area contributed by atoms with Crippen molar-refractivity contribution in [1.29, 1.82) is 0 Å². The predicted molar refractivity (Wildman–Crippen MR) is 60.7 cm³/mol. The van der Waals surface area contributed by atoms with E-state index in [2.05, 4.69) is 0 Å². The molecule has 1 rings (SSSR count). The van der Waals surface area contributed by atoms with E-state index in [1.165, 1.54) is 19.3 Å². The monoisotopic (exact) mass is 238 g/mol. The summed E-state index contributed by atoms with van der Waals surface area (Å²) in [5.41, 5.74) is 0.504. The molecule has 1 N–H and O–H groups in total. The van der Waals surface area contributed by atoms with Crippen LogP contribution in [0.5, 0.6) is 5.75 Å². The lowest BCUT2D eigenvalue weighted by Crippen LogP contribution is -2.01. The van der Waals surface area contributed by atoms with E-state index in [4.69, 9.17) is 14.3 Å². The van der Waals surface area contributed by atoms with Crippen molar-refractivity contribution in [2.75, 3.05) is 0 Å². The maximum Gasteiger partial charge on any atom is 0.328 e. The molecule has 0 spiro atoms. The summed E-state index contributed by atoms with van der Waals surface area (Å²) in [5, 5.41) is 8.58. The Hall–Kier alpha value is -2.04. The average molecular weight is 238 g/mol. The van der Waals surface area contributed by atoms with Gasteiger partial charge in [-0.3, -0.25) is 4.79 Å². The number of esters is 1. The van der Waals surface area contributed by atoms with Gasteiger partial charge in [0.15, 0.2) is 5.75 Å². The van der Waals surface area contributed by atoms with E-state index in [1.807, 2.05) is 6.92 Å². The molecule has 0 saturated carbocycles. The molecule has 0 aliphatic heterocycles. The molecule has 0 atom stereocenters. The molecule has 0 saturated heterocycles. The fourth-order valence-electron chi connectivity index (χ4n) is 1.37. The molecule has 5 heteroatoms. The summed E-state index contributed by atoms with van der Waals surface area (Å²) in [6.07, 6.45) is 5.17. The van der Waals surface area contributed by atoms with Crippen LogP contribution in [-0.2, 0) is 16.0 Å². The molecule has 0 radical (unpaired) electrons. The van der Waals surface area contributed by atoms with Crippen LogP contribution in [0.4, 0.5) is 0 Å². The first-order valence-corrected chi connectivity index (χ1v) is 5.24. The van der Waals surface area contributed by atoms with Crippen molar-refractivity contribution in [2.24, 2.45) is 0 Å². The third-order valence-corrected chi connectivity index (χ3v) is 2.00. The van der Waals surface area contributed by atoms with E-state index in [0.717, 1.165) is 12.5 Å². The van der Waals surface area contributed by atoms with Gasteiger partial charge in [0.2, 0.25) is 0 Å². The first-order valence-electron chi connectivity index (χ1n) is 5.24. The van der Waals surface area contributed by atoms with Crippen molar-refractivity contribution >= 4 is 18.0 Å². The fraction of sp³-hybridized carbons (Fsp3) is 0.333. The molecule has 1 heterocycles. The summed E-state index contributed by atoms with van der Waals surface area (Å²) < 4.78 is 10.2. The SMILES string of the molecule is CCCc1occ(OC(C)=O)c1C=CC(=O)O. The Morgan fingerprint density at radius 1 is 1.53 bits per heavy atom. The van der Waals surface area contributed by atoms with Crippen LogP contribution in [0.3, 0.4) is 0 Å².